The fraction of sp³-hybridized carbons (Fsp3) is 1.00. The van der Waals surface area contributed by atoms with Crippen molar-refractivity contribution in [1.82, 2.24) is 0 Å². The molecule has 0 aromatic heterocycles. The van der Waals surface area contributed by atoms with Crippen LogP contribution in [0.1, 0.15) is 71.6 Å². The molecule has 5 heteroatoms. The van der Waals surface area contributed by atoms with E-state index in [1.54, 1.807) is 0 Å². The molecule has 0 amide bonds. The zero-order valence-corrected chi connectivity index (χ0v) is 11.8. The lowest BCUT2D eigenvalue weighted by Gasteiger charge is -2.24. The van der Waals surface area contributed by atoms with Crippen molar-refractivity contribution in [2.45, 2.75) is 76.6 Å². The first kappa shape index (κ1) is 16.9. The predicted octanol–water partition coefficient (Wildman–Crippen LogP) is 3.11. The maximum Gasteiger partial charge on any atom is 0.294 e. The standard InChI is InChI=1S/C12H26O4S/c1-3-5-7-9-11-12(13,17(14,15)16)10-8-6-4-2/h13H,3-11H2,1-2H3,(H,14,15,16). The van der Waals surface area contributed by atoms with Crippen molar-refractivity contribution >= 4 is 10.1 Å². The van der Waals surface area contributed by atoms with Gasteiger partial charge in [0.1, 0.15) is 0 Å². The fourth-order valence-corrected chi connectivity index (χ4v) is 2.67. The first-order chi connectivity index (χ1) is 7.87. The number of rotatable bonds is 10. The van der Waals surface area contributed by atoms with Crippen LogP contribution in [0.15, 0.2) is 0 Å². The highest BCUT2D eigenvalue weighted by Crippen LogP contribution is 2.27. The Morgan fingerprint density at radius 1 is 0.882 bits per heavy atom. The number of hydrogen-bond donors (Lipinski definition) is 2. The van der Waals surface area contributed by atoms with E-state index in [0.29, 0.717) is 12.8 Å². The van der Waals surface area contributed by atoms with E-state index >= 15 is 0 Å². The van der Waals surface area contributed by atoms with Crippen molar-refractivity contribution in [2.24, 2.45) is 0 Å². The zero-order valence-electron chi connectivity index (χ0n) is 11.0. The first-order valence-electron chi connectivity index (χ1n) is 6.56. The van der Waals surface area contributed by atoms with Crippen molar-refractivity contribution in [3.63, 3.8) is 0 Å². The Kier molecular flexibility index (Phi) is 8.00. The van der Waals surface area contributed by atoms with Crippen LogP contribution in [0.4, 0.5) is 0 Å². The lowest BCUT2D eigenvalue weighted by atomic mass is 10.0. The van der Waals surface area contributed by atoms with Gasteiger partial charge in [-0.3, -0.25) is 4.55 Å². The van der Waals surface area contributed by atoms with Gasteiger partial charge in [0.15, 0.2) is 4.93 Å². The molecule has 17 heavy (non-hydrogen) atoms. The van der Waals surface area contributed by atoms with Crippen LogP contribution in [0.3, 0.4) is 0 Å². The van der Waals surface area contributed by atoms with Gasteiger partial charge in [0.25, 0.3) is 10.1 Å². The third-order valence-corrected chi connectivity index (χ3v) is 4.44. The lowest BCUT2D eigenvalue weighted by molar-refractivity contribution is 0.0886. The SMILES string of the molecule is CCCCCCC(O)(CCCCC)S(=O)(=O)O. The quantitative estimate of drug-likeness (QED) is 0.470. The molecule has 104 valence electrons. The molecular weight excluding hydrogens is 240 g/mol. The molecule has 0 bridgehead atoms. The third kappa shape index (κ3) is 6.38. The van der Waals surface area contributed by atoms with Crippen LogP contribution in [-0.4, -0.2) is 23.0 Å². The van der Waals surface area contributed by atoms with Gasteiger partial charge in [-0.15, -0.1) is 0 Å². The Hall–Kier alpha value is -0.130. The van der Waals surface area contributed by atoms with E-state index in [0.717, 1.165) is 32.1 Å². The molecule has 0 heterocycles. The Morgan fingerprint density at radius 2 is 1.29 bits per heavy atom. The highest BCUT2D eigenvalue weighted by atomic mass is 32.2. The Balaban J connectivity index is 4.31. The molecule has 0 aliphatic carbocycles. The topological polar surface area (TPSA) is 74.6 Å². The normalized spacial score (nSPS) is 15.8. The summed E-state index contributed by atoms with van der Waals surface area (Å²) in [6.45, 7) is 4.07. The summed E-state index contributed by atoms with van der Waals surface area (Å²) in [5.41, 5.74) is 0. The van der Waals surface area contributed by atoms with Gasteiger partial charge >= 0.3 is 0 Å². The summed E-state index contributed by atoms with van der Waals surface area (Å²) in [5, 5.41) is 10.0. The molecule has 4 nitrogen and oxygen atoms in total. The molecule has 0 radical (unpaired) electrons. The minimum Gasteiger partial charge on any atom is -0.372 e. The Labute approximate surface area is 105 Å². The average molecular weight is 266 g/mol. The summed E-state index contributed by atoms with van der Waals surface area (Å²) < 4.78 is 31.5. The van der Waals surface area contributed by atoms with Gasteiger partial charge < -0.3 is 5.11 Å². The molecule has 0 saturated heterocycles. The van der Waals surface area contributed by atoms with Crippen molar-refractivity contribution < 1.29 is 18.1 Å². The molecule has 0 saturated carbocycles. The lowest BCUT2D eigenvalue weighted by Crippen LogP contribution is -2.38. The van der Waals surface area contributed by atoms with Crippen LogP contribution in [0, 0.1) is 0 Å². The highest BCUT2D eigenvalue weighted by molar-refractivity contribution is 7.87. The summed E-state index contributed by atoms with van der Waals surface area (Å²) in [5.74, 6) is 0. The van der Waals surface area contributed by atoms with Gasteiger partial charge in [-0.2, -0.15) is 8.42 Å². The van der Waals surface area contributed by atoms with Gasteiger partial charge in [-0.05, 0) is 25.7 Å². The molecule has 0 aliphatic heterocycles. The Bertz CT molecular complexity index is 287. The van der Waals surface area contributed by atoms with Crippen molar-refractivity contribution in [2.75, 3.05) is 0 Å². The van der Waals surface area contributed by atoms with E-state index in [2.05, 4.69) is 6.92 Å². The molecule has 0 rings (SSSR count). The van der Waals surface area contributed by atoms with Crippen LogP contribution in [0.2, 0.25) is 0 Å². The summed E-state index contributed by atoms with van der Waals surface area (Å²) >= 11 is 0. The molecule has 0 aliphatic rings. The molecule has 1 unspecified atom stereocenters. The van der Waals surface area contributed by atoms with Crippen molar-refractivity contribution in [3.8, 4) is 0 Å². The third-order valence-electron chi connectivity index (χ3n) is 3.07. The first-order valence-corrected chi connectivity index (χ1v) is 8.01. The van der Waals surface area contributed by atoms with Crippen LogP contribution in [0.5, 0.6) is 0 Å². The Morgan fingerprint density at radius 3 is 1.71 bits per heavy atom. The minimum absolute atomic E-state index is 0.131. The molecule has 0 aromatic carbocycles. The average Bonchev–Trinajstić information content (AvgIpc) is 2.23. The van der Waals surface area contributed by atoms with Crippen LogP contribution >= 0.6 is 0 Å². The molecule has 0 aromatic rings. The number of aliphatic hydroxyl groups is 1. The van der Waals surface area contributed by atoms with Gasteiger partial charge in [-0.1, -0.05) is 46.0 Å². The second kappa shape index (κ2) is 8.06. The maximum absolute atomic E-state index is 11.2. The predicted molar refractivity (Wildman–Crippen MR) is 69.4 cm³/mol. The second-order valence-corrected chi connectivity index (χ2v) is 6.40. The van der Waals surface area contributed by atoms with E-state index in [1.807, 2.05) is 6.92 Å². The van der Waals surface area contributed by atoms with Crippen molar-refractivity contribution in [3.05, 3.63) is 0 Å². The summed E-state index contributed by atoms with van der Waals surface area (Å²) in [6.07, 6.45) is 6.32. The van der Waals surface area contributed by atoms with E-state index in [4.69, 9.17) is 4.55 Å². The summed E-state index contributed by atoms with van der Waals surface area (Å²) in [7, 11) is -4.38. The van der Waals surface area contributed by atoms with Crippen LogP contribution in [0.25, 0.3) is 0 Å². The van der Waals surface area contributed by atoms with E-state index in [-0.39, 0.29) is 12.8 Å². The second-order valence-electron chi connectivity index (χ2n) is 4.69. The molecule has 2 N–H and O–H groups in total. The summed E-state index contributed by atoms with van der Waals surface area (Å²) in [6, 6.07) is 0. The van der Waals surface area contributed by atoms with Gasteiger partial charge in [0.2, 0.25) is 0 Å². The van der Waals surface area contributed by atoms with E-state index in [9.17, 15) is 13.5 Å². The van der Waals surface area contributed by atoms with E-state index < -0.39 is 15.1 Å². The molecule has 0 fully saturated rings. The van der Waals surface area contributed by atoms with Gasteiger partial charge in [-0.25, -0.2) is 0 Å². The fourth-order valence-electron chi connectivity index (χ4n) is 1.86. The van der Waals surface area contributed by atoms with Gasteiger partial charge in [0, 0.05) is 0 Å². The van der Waals surface area contributed by atoms with Crippen molar-refractivity contribution in [1.29, 1.82) is 0 Å². The smallest absolute Gasteiger partial charge is 0.294 e. The molecular formula is C12H26O4S. The van der Waals surface area contributed by atoms with Crippen LogP contribution in [-0.2, 0) is 10.1 Å². The van der Waals surface area contributed by atoms with E-state index in [1.165, 1.54) is 0 Å². The zero-order chi connectivity index (χ0) is 13.4. The molecule has 1 atom stereocenters. The number of unbranched alkanes of at least 4 members (excludes halogenated alkanes) is 5. The minimum atomic E-state index is -4.38. The highest BCUT2D eigenvalue weighted by Gasteiger charge is 2.39. The maximum atomic E-state index is 11.2. The molecule has 0 spiro atoms. The largest absolute Gasteiger partial charge is 0.372 e. The van der Waals surface area contributed by atoms with Crippen LogP contribution < -0.4 is 0 Å². The van der Waals surface area contributed by atoms with Gasteiger partial charge in [0.05, 0.1) is 0 Å². The summed E-state index contributed by atoms with van der Waals surface area (Å²) in [4.78, 5) is -1.93. The monoisotopic (exact) mass is 266 g/mol. The number of hydrogen-bond acceptors (Lipinski definition) is 3.